The number of anilines is 1. The van der Waals surface area contributed by atoms with Crippen molar-refractivity contribution in [1.29, 1.82) is 0 Å². The summed E-state index contributed by atoms with van der Waals surface area (Å²) in [7, 11) is 0. The van der Waals surface area contributed by atoms with Crippen LogP contribution >= 0.6 is 23.5 Å². The normalized spacial score (nSPS) is 9.97. The SMILES string of the molecule is CSc1ccccc1NC(=O)CNCCSc1ccc(C)c(C)c1.O=C(O)C(=O)O. The second-order valence-corrected chi connectivity index (χ2v) is 8.15. The van der Waals surface area contributed by atoms with E-state index in [1.165, 1.54) is 16.0 Å². The molecule has 9 heteroatoms. The second kappa shape index (κ2) is 13.7. The smallest absolute Gasteiger partial charge is 0.414 e. The largest absolute Gasteiger partial charge is 0.473 e. The molecule has 2 rings (SSSR count). The average molecular weight is 451 g/mol. The Balaban J connectivity index is 0.000000656. The van der Waals surface area contributed by atoms with Crippen LogP contribution in [0.4, 0.5) is 5.69 Å². The van der Waals surface area contributed by atoms with Gasteiger partial charge in [0.2, 0.25) is 5.91 Å². The van der Waals surface area contributed by atoms with Gasteiger partial charge in [0, 0.05) is 22.1 Å². The number of hydrogen-bond donors (Lipinski definition) is 4. The first-order chi connectivity index (χ1) is 14.2. The van der Waals surface area contributed by atoms with E-state index in [2.05, 4.69) is 42.7 Å². The van der Waals surface area contributed by atoms with Crippen LogP contribution in [0.2, 0.25) is 0 Å². The molecule has 0 spiro atoms. The molecule has 4 N–H and O–H groups in total. The monoisotopic (exact) mass is 450 g/mol. The van der Waals surface area contributed by atoms with Gasteiger partial charge in [0.25, 0.3) is 0 Å². The van der Waals surface area contributed by atoms with Gasteiger partial charge in [0.1, 0.15) is 0 Å². The molecular formula is C21H26N2O5S2. The van der Waals surface area contributed by atoms with Crippen LogP contribution in [0.25, 0.3) is 0 Å². The first-order valence-electron chi connectivity index (χ1n) is 9.04. The number of hydrogen-bond acceptors (Lipinski definition) is 6. The molecule has 0 radical (unpaired) electrons. The molecule has 2 aromatic carbocycles. The van der Waals surface area contributed by atoms with Gasteiger partial charge < -0.3 is 20.8 Å². The molecule has 2 aromatic rings. The third-order valence-corrected chi connectivity index (χ3v) is 5.67. The number of para-hydroxylation sites is 1. The molecular weight excluding hydrogens is 424 g/mol. The molecule has 0 saturated heterocycles. The molecule has 0 aromatic heterocycles. The van der Waals surface area contributed by atoms with Crippen LogP contribution in [0.3, 0.4) is 0 Å². The maximum Gasteiger partial charge on any atom is 0.414 e. The number of aryl methyl sites for hydroxylation is 2. The molecule has 0 unspecified atom stereocenters. The van der Waals surface area contributed by atoms with Crippen molar-refractivity contribution in [1.82, 2.24) is 5.32 Å². The Bertz CT molecular complexity index is 862. The summed E-state index contributed by atoms with van der Waals surface area (Å²) >= 11 is 3.44. The molecule has 0 saturated carbocycles. The predicted octanol–water partition coefficient (Wildman–Crippen LogP) is 3.50. The standard InChI is InChI=1S/C19H24N2OS2.C2H2O4/c1-14-8-9-16(12-15(14)2)24-11-10-20-13-19(22)21-17-6-4-5-7-18(17)23-3;3-1(4)2(5)6/h4-9,12,20H,10-11,13H2,1-3H3,(H,21,22);(H,3,4)(H,5,6). The quantitative estimate of drug-likeness (QED) is 0.274. The lowest BCUT2D eigenvalue weighted by atomic mass is 10.1. The fourth-order valence-corrected chi connectivity index (χ4v) is 3.65. The number of carboxylic acid groups (broad SMARTS) is 2. The van der Waals surface area contributed by atoms with E-state index in [0.717, 1.165) is 22.9 Å². The van der Waals surface area contributed by atoms with Gasteiger partial charge in [-0.15, -0.1) is 23.5 Å². The minimum absolute atomic E-state index is 0.00678. The van der Waals surface area contributed by atoms with E-state index in [4.69, 9.17) is 19.8 Å². The molecule has 30 heavy (non-hydrogen) atoms. The molecule has 0 bridgehead atoms. The Morgan fingerprint density at radius 1 is 0.967 bits per heavy atom. The zero-order valence-corrected chi connectivity index (χ0v) is 18.7. The highest BCUT2D eigenvalue weighted by Crippen LogP contribution is 2.24. The number of nitrogens with one attached hydrogen (secondary N) is 2. The average Bonchev–Trinajstić information content (AvgIpc) is 2.71. The van der Waals surface area contributed by atoms with Gasteiger partial charge in [-0.3, -0.25) is 4.79 Å². The summed E-state index contributed by atoms with van der Waals surface area (Å²) in [6.45, 7) is 5.39. The Morgan fingerprint density at radius 3 is 2.23 bits per heavy atom. The van der Waals surface area contributed by atoms with Crippen molar-refractivity contribution in [2.45, 2.75) is 23.6 Å². The fraction of sp³-hybridized carbons (Fsp3) is 0.286. The van der Waals surface area contributed by atoms with Gasteiger partial charge >= 0.3 is 11.9 Å². The lowest BCUT2D eigenvalue weighted by Crippen LogP contribution is -2.29. The number of thioether (sulfide) groups is 2. The predicted molar refractivity (Wildman–Crippen MR) is 122 cm³/mol. The summed E-state index contributed by atoms with van der Waals surface area (Å²) in [6.07, 6.45) is 2.01. The van der Waals surface area contributed by atoms with E-state index in [1.54, 1.807) is 11.8 Å². The topological polar surface area (TPSA) is 116 Å². The van der Waals surface area contributed by atoms with E-state index >= 15 is 0 Å². The molecule has 7 nitrogen and oxygen atoms in total. The van der Waals surface area contributed by atoms with Crippen LogP contribution in [0.1, 0.15) is 11.1 Å². The molecule has 0 atom stereocenters. The van der Waals surface area contributed by atoms with Crippen LogP contribution in [-0.4, -0.2) is 53.2 Å². The van der Waals surface area contributed by atoms with Crippen LogP contribution in [0.15, 0.2) is 52.3 Å². The van der Waals surface area contributed by atoms with E-state index in [1.807, 2.05) is 42.3 Å². The van der Waals surface area contributed by atoms with E-state index in [0.29, 0.717) is 6.54 Å². The molecule has 0 aliphatic rings. The van der Waals surface area contributed by atoms with Crippen molar-refractivity contribution in [2.75, 3.05) is 30.4 Å². The maximum atomic E-state index is 12.0. The summed E-state index contributed by atoms with van der Waals surface area (Å²) < 4.78 is 0. The third-order valence-electron chi connectivity index (χ3n) is 3.88. The number of aliphatic carboxylic acids is 2. The van der Waals surface area contributed by atoms with Gasteiger partial charge in [0.15, 0.2) is 0 Å². The summed E-state index contributed by atoms with van der Waals surface area (Å²) in [6, 6.07) is 14.4. The van der Waals surface area contributed by atoms with Gasteiger partial charge in [-0.05, 0) is 55.5 Å². The number of rotatable bonds is 8. The van der Waals surface area contributed by atoms with Crippen molar-refractivity contribution >= 4 is 47.1 Å². The summed E-state index contributed by atoms with van der Waals surface area (Å²) in [5.41, 5.74) is 3.51. The zero-order valence-electron chi connectivity index (χ0n) is 17.1. The van der Waals surface area contributed by atoms with Gasteiger partial charge in [-0.1, -0.05) is 18.2 Å². The Hall–Kier alpha value is -2.49. The van der Waals surface area contributed by atoms with Gasteiger partial charge in [-0.2, -0.15) is 0 Å². The summed E-state index contributed by atoms with van der Waals surface area (Å²) in [5.74, 6) is -2.71. The van der Waals surface area contributed by atoms with Crippen molar-refractivity contribution in [3.63, 3.8) is 0 Å². The van der Waals surface area contributed by atoms with Crippen molar-refractivity contribution in [2.24, 2.45) is 0 Å². The van der Waals surface area contributed by atoms with Crippen LogP contribution in [-0.2, 0) is 14.4 Å². The van der Waals surface area contributed by atoms with E-state index in [-0.39, 0.29) is 5.91 Å². The Kier molecular flexibility index (Phi) is 11.7. The molecule has 1 amide bonds. The number of carbonyl (C=O) groups excluding carboxylic acids is 1. The van der Waals surface area contributed by atoms with E-state index in [9.17, 15) is 4.79 Å². The number of carbonyl (C=O) groups is 3. The van der Waals surface area contributed by atoms with Crippen LogP contribution < -0.4 is 10.6 Å². The fourth-order valence-electron chi connectivity index (χ4n) is 2.19. The van der Waals surface area contributed by atoms with Crippen LogP contribution in [0, 0.1) is 13.8 Å². The summed E-state index contributed by atoms with van der Waals surface area (Å²) in [5, 5.41) is 20.9. The highest BCUT2D eigenvalue weighted by molar-refractivity contribution is 7.99. The third kappa shape index (κ3) is 9.82. The zero-order chi connectivity index (χ0) is 22.5. The highest BCUT2D eigenvalue weighted by atomic mass is 32.2. The second-order valence-electron chi connectivity index (χ2n) is 6.13. The Morgan fingerprint density at radius 2 is 1.63 bits per heavy atom. The molecule has 162 valence electrons. The van der Waals surface area contributed by atoms with Crippen molar-refractivity contribution in [3.8, 4) is 0 Å². The van der Waals surface area contributed by atoms with Crippen LogP contribution in [0.5, 0.6) is 0 Å². The highest BCUT2D eigenvalue weighted by Gasteiger charge is 2.06. The lowest BCUT2D eigenvalue weighted by Gasteiger charge is -2.10. The number of benzene rings is 2. The van der Waals surface area contributed by atoms with Gasteiger partial charge in [0.05, 0.1) is 12.2 Å². The summed E-state index contributed by atoms with van der Waals surface area (Å²) in [4.78, 5) is 32.6. The minimum Gasteiger partial charge on any atom is -0.473 e. The molecule has 0 aliphatic heterocycles. The number of amides is 1. The van der Waals surface area contributed by atoms with E-state index < -0.39 is 11.9 Å². The molecule has 0 aliphatic carbocycles. The maximum absolute atomic E-state index is 12.0. The Labute approximate surface area is 184 Å². The molecule has 0 heterocycles. The van der Waals surface area contributed by atoms with Crippen molar-refractivity contribution in [3.05, 3.63) is 53.6 Å². The minimum atomic E-state index is -1.82. The first kappa shape index (κ1) is 25.5. The first-order valence-corrected chi connectivity index (χ1v) is 11.3. The lowest BCUT2D eigenvalue weighted by molar-refractivity contribution is -0.159. The molecule has 0 fully saturated rings. The number of carboxylic acids is 2. The van der Waals surface area contributed by atoms with Gasteiger partial charge in [-0.25, -0.2) is 9.59 Å². The van der Waals surface area contributed by atoms with Crippen molar-refractivity contribution < 1.29 is 24.6 Å².